The summed E-state index contributed by atoms with van der Waals surface area (Å²) in [6.07, 6.45) is 1.59. The number of rotatable bonds is 4. The molecule has 24 heavy (non-hydrogen) atoms. The Kier molecular flexibility index (Phi) is 3.38. The Morgan fingerprint density at radius 1 is 1.42 bits per heavy atom. The number of benzene rings is 1. The van der Waals surface area contributed by atoms with Crippen molar-refractivity contribution in [2.24, 2.45) is 11.3 Å². The van der Waals surface area contributed by atoms with Crippen LogP contribution in [0.4, 0.5) is 0 Å². The van der Waals surface area contributed by atoms with Crippen LogP contribution in [0.1, 0.15) is 5.69 Å². The molecule has 0 bridgehead atoms. The van der Waals surface area contributed by atoms with Crippen LogP contribution < -0.4 is 5.32 Å². The molecule has 1 aromatic heterocycles. The Hall–Kier alpha value is -2.67. The molecule has 0 unspecified atom stereocenters. The highest BCUT2D eigenvalue weighted by Gasteiger charge is 2.59. The van der Waals surface area contributed by atoms with Crippen LogP contribution in [-0.4, -0.2) is 46.5 Å². The van der Waals surface area contributed by atoms with Crippen molar-refractivity contribution in [1.82, 2.24) is 15.2 Å². The first kappa shape index (κ1) is 14.9. The summed E-state index contributed by atoms with van der Waals surface area (Å²) in [6, 6.07) is 9.58. The number of likely N-dealkylation sites (tertiary alicyclic amines) is 1. The molecule has 2 fully saturated rings. The zero-order chi connectivity index (χ0) is 16.7. The largest absolute Gasteiger partial charge is 0.481 e. The molecule has 2 aliphatic heterocycles. The average molecular weight is 327 g/mol. The van der Waals surface area contributed by atoms with E-state index in [0.29, 0.717) is 25.5 Å². The highest BCUT2D eigenvalue weighted by Crippen LogP contribution is 2.40. The first-order chi connectivity index (χ1) is 11.6. The number of hydrogen-bond donors (Lipinski definition) is 2. The topological polar surface area (TPSA) is 95.7 Å². The van der Waals surface area contributed by atoms with E-state index in [4.69, 9.17) is 4.42 Å². The standard InChI is InChI=1S/C17H17N3O4/c21-14-13-7-20(10-17(13,9-18-14)16(22)23)6-12-8-24-15(19-12)11-4-2-1-3-5-11/h1-5,8,13H,6-7,9-10H2,(H,18,21)(H,22,23)/t13-,17+/m1/s1. The van der Waals surface area contributed by atoms with Crippen LogP contribution in [0.15, 0.2) is 41.0 Å². The maximum absolute atomic E-state index is 11.9. The predicted molar refractivity (Wildman–Crippen MR) is 83.8 cm³/mol. The predicted octanol–water partition coefficient (Wildman–Crippen LogP) is 0.974. The second kappa shape index (κ2) is 5.45. The first-order valence-corrected chi connectivity index (χ1v) is 7.82. The van der Waals surface area contributed by atoms with Gasteiger partial charge in [0.25, 0.3) is 0 Å². The van der Waals surface area contributed by atoms with Crippen molar-refractivity contribution in [3.63, 3.8) is 0 Å². The summed E-state index contributed by atoms with van der Waals surface area (Å²) < 4.78 is 5.52. The van der Waals surface area contributed by atoms with Gasteiger partial charge in [0.05, 0.1) is 11.6 Å². The van der Waals surface area contributed by atoms with Crippen molar-refractivity contribution in [2.75, 3.05) is 19.6 Å². The van der Waals surface area contributed by atoms with Gasteiger partial charge in [-0.2, -0.15) is 0 Å². The number of aromatic nitrogens is 1. The molecule has 124 valence electrons. The highest BCUT2D eigenvalue weighted by atomic mass is 16.4. The van der Waals surface area contributed by atoms with Gasteiger partial charge in [0, 0.05) is 31.7 Å². The number of nitrogens with one attached hydrogen (secondary N) is 1. The molecule has 3 heterocycles. The third kappa shape index (κ3) is 2.28. The Bertz CT molecular complexity index is 788. The molecule has 1 amide bonds. The third-order valence-electron chi connectivity index (χ3n) is 4.89. The van der Waals surface area contributed by atoms with Crippen LogP contribution in [0, 0.1) is 11.3 Å². The van der Waals surface area contributed by atoms with Gasteiger partial charge in [0.1, 0.15) is 11.7 Å². The zero-order valence-electron chi connectivity index (χ0n) is 12.9. The van der Waals surface area contributed by atoms with E-state index >= 15 is 0 Å². The van der Waals surface area contributed by atoms with Crippen molar-refractivity contribution in [3.8, 4) is 11.5 Å². The Labute approximate surface area is 138 Å². The number of aliphatic carboxylic acids is 1. The van der Waals surface area contributed by atoms with E-state index in [1.54, 1.807) is 6.26 Å². The molecule has 1 aromatic carbocycles. The summed E-state index contributed by atoms with van der Waals surface area (Å²) in [5, 5.41) is 12.2. The molecule has 2 atom stereocenters. The van der Waals surface area contributed by atoms with Crippen molar-refractivity contribution >= 4 is 11.9 Å². The van der Waals surface area contributed by atoms with Gasteiger partial charge in [-0.05, 0) is 12.1 Å². The van der Waals surface area contributed by atoms with Crippen LogP contribution >= 0.6 is 0 Å². The summed E-state index contributed by atoms with van der Waals surface area (Å²) in [7, 11) is 0. The Morgan fingerprint density at radius 3 is 2.92 bits per heavy atom. The minimum absolute atomic E-state index is 0.176. The number of hydrogen-bond acceptors (Lipinski definition) is 5. The molecular formula is C17H17N3O4. The summed E-state index contributed by atoms with van der Waals surface area (Å²) in [5.74, 6) is -1.06. The molecule has 2 N–H and O–H groups in total. The smallest absolute Gasteiger partial charge is 0.313 e. The van der Waals surface area contributed by atoms with Gasteiger partial charge in [-0.3, -0.25) is 14.5 Å². The van der Waals surface area contributed by atoms with Crippen LogP contribution in [-0.2, 0) is 16.1 Å². The fourth-order valence-corrected chi connectivity index (χ4v) is 3.62. The van der Waals surface area contributed by atoms with Crippen LogP contribution in [0.5, 0.6) is 0 Å². The second-order valence-electron chi connectivity index (χ2n) is 6.41. The molecule has 7 nitrogen and oxygen atoms in total. The molecule has 0 saturated carbocycles. The highest BCUT2D eigenvalue weighted by molar-refractivity contribution is 5.92. The number of amides is 1. The number of oxazole rings is 1. The number of fused-ring (bicyclic) bond motifs is 1. The number of nitrogens with zero attached hydrogens (tertiary/aromatic N) is 2. The minimum Gasteiger partial charge on any atom is -0.481 e. The summed E-state index contributed by atoms with van der Waals surface area (Å²) in [6.45, 7) is 1.41. The van der Waals surface area contributed by atoms with E-state index in [9.17, 15) is 14.7 Å². The van der Waals surface area contributed by atoms with Crippen molar-refractivity contribution < 1.29 is 19.1 Å². The van der Waals surface area contributed by atoms with Gasteiger partial charge in [-0.25, -0.2) is 4.98 Å². The van der Waals surface area contributed by atoms with Gasteiger partial charge in [0.2, 0.25) is 11.8 Å². The molecule has 0 aliphatic carbocycles. The first-order valence-electron chi connectivity index (χ1n) is 7.82. The lowest BCUT2D eigenvalue weighted by molar-refractivity contribution is -0.149. The van der Waals surface area contributed by atoms with Gasteiger partial charge >= 0.3 is 5.97 Å². The summed E-state index contributed by atoms with van der Waals surface area (Å²) in [4.78, 5) is 30.0. The van der Waals surface area contributed by atoms with Crippen molar-refractivity contribution in [1.29, 1.82) is 0 Å². The summed E-state index contributed by atoms with van der Waals surface area (Å²) >= 11 is 0. The van der Waals surface area contributed by atoms with Crippen LogP contribution in [0.25, 0.3) is 11.5 Å². The lowest BCUT2D eigenvalue weighted by Crippen LogP contribution is -2.40. The molecular weight excluding hydrogens is 310 g/mol. The zero-order valence-corrected chi connectivity index (χ0v) is 12.9. The number of carboxylic acid groups (broad SMARTS) is 1. The monoisotopic (exact) mass is 327 g/mol. The van der Waals surface area contributed by atoms with Crippen LogP contribution in [0.3, 0.4) is 0 Å². The molecule has 2 aromatic rings. The van der Waals surface area contributed by atoms with Gasteiger partial charge in [-0.15, -0.1) is 0 Å². The molecule has 0 radical (unpaired) electrons. The van der Waals surface area contributed by atoms with Crippen LogP contribution in [0.2, 0.25) is 0 Å². The average Bonchev–Trinajstić information content (AvgIpc) is 3.26. The maximum atomic E-state index is 11.9. The van der Waals surface area contributed by atoms with Crippen molar-refractivity contribution in [3.05, 3.63) is 42.3 Å². The van der Waals surface area contributed by atoms with E-state index in [2.05, 4.69) is 10.3 Å². The fourth-order valence-electron chi connectivity index (χ4n) is 3.62. The van der Waals surface area contributed by atoms with Crippen molar-refractivity contribution in [2.45, 2.75) is 6.54 Å². The minimum atomic E-state index is -1.02. The maximum Gasteiger partial charge on any atom is 0.313 e. The quantitative estimate of drug-likeness (QED) is 0.869. The van der Waals surface area contributed by atoms with Gasteiger partial charge < -0.3 is 14.8 Å². The molecule has 0 spiro atoms. The lowest BCUT2D eigenvalue weighted by Gasteiger charge is -2.21. The Morgan fingerprint density at radius 2 is 2.21 bits per heavy atom. The van der Waals surface area contributed by atoms with E-state index in [-0.39, 0.29) is 12.5 Å². The lowest BCUT2D eigenvalue weighted by atomic mass is 9.81. The number of carbonyl (C=O) groups is 2. The molecule has 4 rings (SSSR count). The van der Waals surface area contributed by atoms with E-state index < -0.39 is 17.3 Å². The van der Waals surface area contributed by atoms with Gasteiger partial charge in [-0.1, -0.05) is 18.2 Å². The van der Waals surface area contributed by atoms with Gasteiger partial charge in [0.15, 0.2) is 0 Å². The Balaban J connectivity index is 1.50. The van der Waals surface area contributed by atoms with E-state index in [1.165, 1.54) is 0 Å². The second-order valence-corrected chi connectivity index (χ2v) is 6.41. The van der Waals surface area contributed by atoms with E-state index in [1.807, 2.05) is 35.2 Å². The van der Waals surface area contributed by atoms with E-state index in [0.717, 1.165) is 11.3 Å². The summed E-state index contributed by atoms with van der Waals surface area (Å²) in [5.41, 5.74) is 0.599. The third-order valence-corrected chi connectivity index (χ3v) is 4.89. The molecule has 2 aliphatic rings. The fraction of sp³-hybridized carbons (Fsp3) is 0.353. The normalized spacial score (nSPS) is 26.3. The SMILES string of the molecule is O=C1NC[C@]2(C(=O)O)CN(Cc3coc(-c4ccccc4)n3)C[C@H]12. The number of carboxylic acids is 1. The molecule has 2 saturated heterocycles. The number of carbonyl (C=O) groups excluding carboxylic acids is 1. The molecule has 7 heteroatoms.